The van der Waals surface area contributed by atoms with Gasteiger partial charge in [-0.15, -0.1) is 0 Å². The van der Waals surface area contributed by atoms with Crippen LogP contribution in [0.3, 0.4) is 0 Å². The number of halogens is 3. The summed E-state index contributed by atoms with van der Waals surface area (Å²) in [6.45, 7) is 1.85. The van der Waals surface area contributed by atoms with Gasteiger partial charge in [0, 0.05) is 5.56 Å². The van der Waals surface area contributed by atoms with Crippen LogP contribution in [0.1, 0.15) is 45.0 Å². The molecule has 0 bridgehead atoms. The fourth-order valence-corrected chi connectivity index (χ4v) is 3.54. The SMILES string of the molecule is CC(NC(=O)c1ccccc1NC(=O)c1ccc(-c2cccc(C(F)(F)F)c2)o1)c1ccccc1. The van der Waals surface area contributed by atoms with Gasteiger partial charge in [-0.2, -0.15) is 13.2 Å². The maximum Gasteiger partial charge on any atom is 0.416 e. The third kappa shape index (κ3) is 5.60. The molecule has 1 heterocycles. The topological polar surface area (TPSA) is 71.3 Å². The molecule has 1 unspecified atom stereocenters. The zero-order valence-electron chi connectivity index (χ0n) is 18.6. The fraction of sp³-hybridized carbons (Fsp3) is 0.111. The first-order valence-corrected chi connectivity index (χ1v) is 10.8. The van der Waals surface area contributed by atoms with Crippen molar-refractivity contribution in [3.8, 4) is 11.3 Å². The van der Waals surface area contributed by atoms with Gasteiger partial charge in [-0.1, -0.05) is 54.6 Å². The monoisotopic (exact) mass is 478 g/mol. The second kappa shape index (κ2) is 9.89. The van der Waals surface area contributed by atoms with Crippen molar-refractivity contribution in [3.63, 3.8) is 0 Å². The van der Waals surface area contributed by atoms with Crippen LogP contribution in [0.2, 0.25) is 0 Å². The van der Waals surface area contributed by atoms with Gasteiger partial charge in [-0.05, 0) is 48.9 Å². The fourth-order valence-electron chi connectivity index (χ4n) is 3.54. The van der Waals surface area contributed by atoms with Crippen LogP contribution in [-0.2, 0) is 6.18 Å². The van der Waals surface area contributed by atoms with E-state index in [1.165, 1.54) is 24.3 Å². The molecule has 8 heteroatoms. The summed E-state index contributed by atoms with van der Waals surface area (Å²) in [7, 11) is 0. The Morgan fingerprint density at radius 3 is 2.29 bits per heavy atom. The molecule has 1 aromatic heterocycles. The number of nitrogens with one attached hydrogen (secondary N) is 2. The maximum atomic E-state index is 13.0. The van der Waals surface area contributed by atoms with Crippen LogP contribution in [0.4, 0.5) is 18.9 Å². The van der Waals surface area contributed by atoms with Crippen molar-refractivity contribution >= 4 is 17.5 Å². The summed E-state index contributed by atoms with van der Waals surface area (Å²) in [5, 5.41) is 5.55. The van der Waals surface area contributed by atoms with Gasteiger partial charge in [0.05, 0.1) is 22.9 Å². The van der Waals surface area contributed by atoms with Crippen molar-refractivity contribution in [2.24, 2.45) is 0 Å². The second-order valence-corrected chi connectivity index (χ2v) is 7.85. The lowest BCUT2D eigenvalue weighted by molar-refractivity contribution is -0.137. The van der Waals surface area contributed by atoms with E-state index < -0.39 is 17.6 Å². The van der Waals surface area contributed by atoms with E-state index in [1.54, 1.807) is 24.3 Å². The molecule has 2 amide bonds. The molecule has 0 aliphatic carbocycles. The van der Waals surface area contributed by atoms with Gasteiger partial charge in [0.25, 0.3) is 11.8 Å². The first-order chi connectivity index (χ1) is 16.7. The van der Waals surface area contributed by atoms with Crippen molar-refractivity contribution in [2.45, 2.75) is 19.1 Å². The third-order valence-corrected chi connectivity index (χ3v) is 5.37. The predicted molar refractivity (Wildman–Crippen MR) is 126 cm³/mol. The van der Waals surface area contributed by atoms with E-state index in [0.29, 0.717) is 0 Å². The Bertz CT molecular complexity index is 1350. The Hall–Kier alpha value is -4.33. The molecular formula is C27H21F3N2O3. The number of alkyl halides is 3. The zero-order chi connectivity index (χ0) is 25.0. The number of para-hydroxylation sites is 1. The van der Waals surface area contributed by atoms with Crippen molar-refractivity contribution in [1.29, 1.82) is 0 Å². The van der Waals surface area contributed by atoms with Gasteiger partial charge in [0.2, 0.25) is 0 Å². The van der Waals surface area contributed by atoms with Crippen LogP contribution in [0, 0.1) is 0 Å². The average Bonchev–Trinajstić information content (AvgIpc) is 3.35. The molecule has 0 radical (unpaired) electrons. The second-order valence-electron chi connectivity index (χ2n) is 7.85. The molecule has 0 saturated carbocycles. The van der Waals surface area contributed by atoms with E-state index in [2.05, 4.69) is 10.6 Å². The summed E-state index contributed by atoms with van der Waals surface area (Å²) in [6.07, 6.45) is -4.49. The molecule has 3 aromatic carbocycles. The molecular weight excluding hydrogens is 457 g/mol. The number of amides is 2. The molecule has 178 valence electrons. The summed E-state index contributed by atoms with van der Waals surface area (Å²) in [5.74, 6) is -1.00. The smallest absolute Gasteiger partial charge is 0.416 e. The quantitative estimate of drug-likeness (QED) is 0.324. The molecule has 5 nitrogen and oxygen atoms in total. The molecule has 4 aromatic rings. The summed E-state index contributed by atoms with van der Waals surface area (Å²) in [4.78, 5) is 25.7. The number of anilines is 1. The number of rotatable bonds is 6. The van der Waals surface area contributed by atoms with Gasteiger partial charge < -0.3 is 15.1 Å². The lowest BCUT2D eigenvalue weighted by atomic mass is 10.1. The first-order valence-electron chi connectivity index (χ1n) is 10.8. The van der Waals surface area contributed by atoms with Gasteiger partial charge >= 0.3 is 6.18 Å². The summed E-state index contributed by atoms with van der Waals surface area (Å²) in [6, 6.07) is 23.1. The van der Waals surface area contributed by atoms with Crippen LogP contribution in [0.5, 0.6) is 0 Å². The Morgan fingerprint density at radius 2 is 1.54 bits per heavy atom. The number of furan rings is 1. The van der Waals surface area contributed by atoms with E-state index >= 15 is 0 Å². The lowest BCUT2D eigenvalue weighted by Crippen LogP contribution is -2.28. The first kappa shape index (κ1) is 23.8. The van der Waals surface area contributed by atoms with Gasteiger partial charge in [-0.25, -0.2) is 0 Å². The molecule has 0 fully saturated rings. The number of benzene rings is 3. The lowest BCUT2D eigenvalue weighted by Gasteiger charge is -2.16. The number of hydrogen-bond donors (Lipinski definition) is 2. The van der Waals surface area contributed by atoms with Crippen LogP contribution in [0.25, 0.3) is 11.3 Å². The molecule has 4 rings (SSSR count). The zero-order valence-corrected chi connectivity index (χ0v) is 18.6. The summed E-state index contributed by atoms with van der Waals surface area (Å²) < 4.78 is 44.5. The Kier molecular flexibility index (Phi) is 6.73. The standard InChI is InChI=1S/C27H21F3N2O3/c1-17(18-8-3-2-4-9-18)31-25(33)21-12-5-6-13-22(21)32-26(34)24-15-14-23(35-24)19-10-7-11-20(16-19)27(28,29)30/h2-17H,1H3,(H,31,33)(H,32,34). The van der Waals surface area contributed by atoms with E-state index in [1.807, 2.05) is 37.3 Å². The molecule has 0 aliphatic rings. The van der Waals surface area contributed by atoms with Crippen molar-refractivity contribution in [2.75, 3.05) is 5.32 Å². The Morgan fingerprint density at radius 1 is 0.829 bits per heavy atom. The highest BCUT2D eigenvalue weighted by atomic mass is 19.4. The van der Waals surface area contributed by atoms with Gasteiger partial charge in [0.1, 0.15) is 5.76 Å². The van der Waals surface area contributed by atoms with Crippen LogP contribution < -0.4 is 10.6 Å². The van der Waals surface area contributed by atoms with E-state index in [-0.39, 0.29) is 40.3 Å². The van der Waals surface area contributed by atoms with Crippen LogP contribution in [0.15, 0.2) is 95.4 Å². The van der Waals surface area contributed by atoms with Crippen LogP contribution in [-0.4, -0.2) is 11.8 Å². The van der Waals surface area contributed by atoms with Gasteiger partial charge in [0.15, 0.2) is 5.76 Å². The molecule has 0 spiro atoms. The van der Waals surface area contributed by atoms with E-state index in [0.717, 1.165) is 17.7 Å². The average molecular weight is 478 g/mol. The third-order valence-electron chi connectivity index (χ3n) is 5.37. The minimum Gasteiger partial charge on any atom is -0.451 e. The van der Waals surface area contributed by atoms with Crippen LogP contribution >= 0.6 is 0 Å². The highest BCUT2D eigenvalue weighted by Gasteiger charge is 2.30. The maximum absolute atomic E-state index is 13.0. The minimum absolute atomic E-state index is 0.106. The molecule has 0 aliphatic heterocycles. The van der Waals surface area contributed by atoms with E-state index in [9.17, 15) is 22.8 Å². The molecule has 2 N–H and O–H groups in total. The van der Waals surface area contributed by atoms with Crippen molar-refractivity contribution < 1.29 is 27.2 Å². The van der Waals surface area contributed by atoms with Crippen molar-refractivity contribution in [1.82, 2.24) is 5.32 Å². The normalized spacial score (nSPS) is 12.1. The number of carbonyl (C=O) groups is 2. The highest BCUT2D eigenvalue weighted by Crippen LogP contribution is 2.32. The summed E-state index contributed by atoms with van der Waals surface area (Å²) >= 11 is 0. The summed E-state index contributed by atoms with van der Waals surface area (Å²) in [5.41, 5.74) is 0.830. The number of carbonyl (C=O) groups excluding carboxylic acids is 2. The van der Waals surface area contributed by atoms with Crippen molar-refractivity contribution in [3.05, 3.63) is 113 Å². The minimum atomic E-state index is -4.49. The predicted octanol–water partition coefficient (Wildman–Crippen LogP) is 6.71. The van der Waals surface area contributed by atoms with Gasteiger partial charge in [-0.3, -0.25) is 9.59 Å². The largest absolute Gasteiger partial charge is 0.451 e. The number of hydrogen-bond acceptors (Lipinski definition) is 3. The van der Waals surface area contributed by atoms with E-state index in [4.69, 9.17) is 4.42 Å². The highest BCUT2D eigenvalue weighted by molar-refractivity contribution is 6.08. The molecule has 35 heavy (non-hydrogen) atoms. The Balaban J connectivity index is 1.50. The molecule has 0 saturated heterocycles. The Labute approximate surface area is 199 Å². The molecule has 1 atom stereocenters.